The maximum atomic E-state index is 5.52. The van der Waals surface area contributed by atoms with Crippen LogP contribution in [0.1, 0.15) is 27.2 Å². The lowest BCUT2D eigenvalue weighted by Crippen LogP contribution is -2.05. The molecule has 2 rings (SSSR count). The quantitative estimate of drug-likeness (QED) is 0.756. The maximum absolute atomic E-state index is 5.52. The van der Waals surface area contributed by atoms with Crippen LogP contribution >= 0.6 is 0 Å². The number of rotatable bonds is 5. The van der Waals surface area contributed by atoms with Gasteiger partial charge in [0, 0.05) is 23.6 Å². The molecule has 0 aliphatic rings. The van der Waals surface area contributed by atoms with E-state index < -0.39 is 0 Å². The zero-order valence-electron chi connectivity index (χ0n) is 10.9. The van der Waals surface area contributed by atoms with Gasteiger partial charge in [-0.1, -0.05) is 20.3 Å². The number of hydrogen-bond donors (Lipinski definition) is 0. The highest BCUT2D eigenvalue weighted by Crippen LogP contribution is 2.23. The third kappa shape index (κ3) is 2.63. The van der Waals surface area contributed by atoms with Gasteiger partial charge >= 0.3 is 0 Å². The Bertz CT molecular complexity index is 487. The molecule has 17 heavy (non-hydrogen) atoms. The molecular formula is C15H21NO. The molecule has 1 heterocycles. The Morgan fingerprint density at radius 1 is 1.24 bits per heavy atom. The number of fused-ring (bicyclic) bond motifs is 1. The predicted molar refractivity (Wildman–Crippen MR) is 72.6 cm³/mol. The second-order valence-corrected chi connectivity index (χ2v) is 4.64. The van der Waals surface area contributed by atoms with Gasteiger partial charge in [0.2, 0.25) is 0 Å². The Hall–Kier alpha value is -1.44. The Morgan fingerprint density at radius 3 is 2.76 bits per heavy atom. The van der Waals surface area contributed by atoms with Crippen LogP contribution in [-0.4, -0.2) is 11.2 Å². The van der Waals surface area contributed by atoms with Gasteiger partial charge in [-0.3, -0.25) is 0 Å². The summed E-state index contributed by atoms with van der Waals surface area (Å²) >= 11 is 0. The van der Waals surface area contributed by atoms with E-state index in [-0.39, 0.29) is 0 Å². The molecule has 0 amide bonds. The lowest BCUT2D eigenvalue weighted by atomic mass is 10.1. The van der Waals surface area contributed by atoms with Crippen LogP contribution in [0.5, 0.6) is 5.75 Å². The van der Waals surface area contributed by atoms with Crippen LogP contribution in [0.2, 0.25) is 0 Å². The molecule has 92 valence electrons. The summed E-state index contributed by atoms with van der Waals surface area (Å²) in [7, 11) is 0. The molecular weight excluding hydrogens is 210 g/mol. The summed E-state index contributed by atoms with van der Waals surface area (Å²) in [6.45, 7) is 8.36. The topological polar surface area (TPSA) is 14.2 Å². The molecule has 2 heteroatoms. The van der Waals surface area contributed by atoms with Crippen LogP contribution in [0.15, 0.2) is 30.5 Å². The van der Waals surface area contributed by atoms with Crippen LogP contribution in [0.4, 0.5) is 0 Å². The van der Waals surface area contributed by atoms with E-state index in [1.54, 1.807) is 0 Å². The minimum absolute atomic E-state index is 0.720. The fraction of sp³-hybridized carbons (Fsp3) is 0.467. The van der Waals surface area contributed by atoms with Crippen molar-refractivity contribution in [3.8, 4) is 5.75 Å². The summed E-state index contributed by atoms with van der Waals surface area (Å²) in [4.78, 5) is 0. The number of nitrogens with zero attached hydrogens (tertiary/aromatic N) is 1. The fourth-order valence-electron chi connectivity index (χ4n) is 2.06. The molecule has 1 aromatic carbocycles. The summed E-state index contributed by atoms with van der Waals surface area (Å²) < 4.78 is 7.85. The zero-order chi connectivity index (χ0) is 12.3. The Balaban J connectivity index is 2.28. The van der Waals surface area contributed by atoms with Gasteiger partial charge in [-0.05, 0) is 37.1 Å². The summed E-state index contributed by atoms with van der Waals surface area (Å²) in [5.74, 6) is 1.68. The monoisotopic (exact) mass is 231 g/mol. The molecule has 0 saturated heterocycles. The van der Waals surface area contributed by atoms with E-state index in [9.17, 15) is 0 Å². The molecule has 2 aromatic rings. The van der Waals surface area contributed by atoms with Crippen molar-refractivity contribution in [3.05, 3.63) is 30.5 Å². The van der Waals surface area contributed by atoms with E-state index in [1.165, 1.54) is 17.3 Å². The van der Waals surface area contributed by atoms with Crippen molar-refractivity contribution in [2.75, 3.05) is 6.61 Å². The first-order valence-corrected chi connectivity index (χ1v) is 6.46. The summed E-state index contributed by atoms with van der Waals surface area (Å²) in [5, 5.41) is 1.26. The van der Waals surface area contributed by atoms with E-state index in [2.05, 4.69) is 48.9 Å². The van der Waals surface area contributed by atoms with Gasteiger partial charge in [0.1, 0.15) is 5.75 Å². The SMILES string of the molecule is CCOc1ccc2c(ccn2CC(C)CC)c1. The van der Waals surface area contributed by atoms with Crippen molar-refractivity contribution >= 4 is 10.9 Å². The highest BCUT2D eigenvalue weighted by molar-refractivity contribution is 5.81. The highest BCUT2D eigenvalue weighted by Gasteiger charge is 2.05. The molecule has 1 atom stereocenters. The van der Waals surface area contributed by atoms with Crippen molar-refractivity contribution in [1.82, 2.24) is 4.57 Å². The molecule has 0 radical (unpaired) electrons. The molecule has 0 aliphatic heterocycles. The van der Waals surface area contributed by atoms with Crippen LogP contribution in [0.3, 0.4) is 0 Å². The Labute approximate surface area is 103 Å². The van der Waals surface area contributed by atoms with Crippen LogP contribution in [-0.2, 0) is 6.54 Å². The van der Waals surface area contributed by atoms with E-state index in [1.807, 2.05) is 6.92 Å². The lowest BCUT2D eigenvalue weighted by molar-refractivity contribution is 0.340. The Morgan fingerprint density at radius 2 is 2.06 bits per heavy atom. The Kier molecular flexibility index (Phi) is 3.72. The van der Waals surface area contributed by atoms with Crippen molar-refractivity contribution < 1.29 is 4.74 Å². The first-order chi connectivity index (χ1) is 8.24. The van der Waals surface area contributed by atoms with Gasteiger partial charge < -0.3 is 9.30 Å². The summed E-state index contributed by atoms with van der Waals surface area (Å²) in [6, 6.07) is 8.49. The standard InChI is InChI=1S/C15H21NO/c1-4-12(3)11-16-9-8-13-10-14(17-5-2)6-7-15(13)16/h6-10,12H,4-5,11H2,1-3H3. The van der Waals surface area contributed by atoms with Crippen LogP contribution < -0.4 is 4.74 Å². The third-order valence-electron chi connectivity index (χ3n) is 3.26. The van der Waals surface area contributed by atoms with E-state index in [0.717, 1.165) is 24.8 Å². The van der Waals surface area contributed by atoms with Crippen molar-refractivity contribution in [3.63, 3.8) is 0 Å². The third-order valence-corrected chi connectivity index (χ3v) is 3.26. The molecule has 0 saturated carbocycles. The summed E-state index contributed by atoms with van der Waals surface area (Å²) in [5.41, 5.74) is 1.30. The van der Waals surface area contributed by atoms with Gasteiger partial charge in [0.25, 0.3) is 0 Å². The molecule has 2 nitrogen and oxygen atoms in total. The van der Waals surface area contributed by atoms with Gasteiger partial charge in [-0.2, -0.15) is 0 Å². The number of benzene rings is 1. The average Bonchev–Trinajstić information content (AvgIpc) is 2.72. The first-order valence-electron chi connectivity index (χ1n) is 6.46. The molecule has 1 aromatic heterocycles. The second-order valence-electron chi connectivity index (χ2n) is 4.64. The minimum Gasteiger partial charge on any atom is -0.494 e. The van der Waals surface area contributed by atoms with Crippen molar-refractivity contribution in [2.45, 2.75) is 33.7 Å². The van der Waals surface area contributed by atoms with Gasteiger partial charge in [0.15, 0.2) is 0 Å². The predicted octanol–water partition coefficient (Wildman–Crippen LogP) is 4.09. The largest absolute Gasteiger partial charge is 0.494 e. The smallest absolute Gasteiger partial charge is 0.120 e. The average molecular weight is 231 g/mol. The van der Waals surface area contributed by atoms with Gasteiger partial charge in [0.05, 0.1) is 6.61 Å². The number of ether oxygens (including phenoxy) is 1. The zero-order valence-corrected chi connectivity index (χ0v) is 10.9. The second kappa shape index (κ2) is 5.26. The van der Waals surface area contributed by atoms with Crippen LogP contribution in [0, 0.1) is 5.92 Å². The van der Waals surface area contributed by atoms with Gasteiger partial charge in [-0.25, -0.2) is 0 Å². The summed E-state index contributed by atoms with van der Waals surface area (Å²) in [6.07, 6.45) is 3.39. The normalized spacial score (nSPS) is 12.9. The van der Waals surface area contributed by atoms with E-state index in [0.29, 0.717) is 0 Å². The van der Waals surface area contributed by atoms with E-state index in [4.69, 9.17) is 4.74 Å². The van der Waals surface area contributed by atoms with Crippen molar-refractivity contribution in [2.24, 2.45) is 5.92 Å². The maximum Gasteiger partial charge on any atom is 0.120 e. The molecule has 0 aliphatic carbocycles. The molecule has 0 spiro atoms. The fourth-order valence-corrected chi connectivity index (χ4v) is 2.06. The molecule has 0 bridgehead atoms. The number of hydrogen-bond acceptors (Lipinski definition) is 1. The van der Waals surface area contributed by atoms with Crippen LogP contribution in [0.25, 0.3) is 10.9 Å². The van der Waals surface area contributed by atoms with E-state index >= 15 is 0 Å². The van der Waals surface area contributed by atoms with Gasteiger partial charge in [-0.15, -0.1) is 0 Å². The molecule has 0 fully saturated rings. The highest BCUT2D eigenvalue weighted by atomic mass is 16.5. The number of aromatic nitrogens is 1. The minimum atomic E-state index is 0.720. The lowest BCUT2D eigenvalue weighted by Gasteiger charge is -2.11. The first kappa shape index (κ1) is 12.0. The molecule has 1 unspecified atom stereocenters. The van der Waals surface area contributed by atoms with Crippen molar-refractivity contribution in [1.29, 1.82) is 0 Å². The molecule has 0 N–H and O–H groups in total.